The number of aromatic nitrogens is 4. The monoisotopic (exact) mass is 361 g/mol. The molecule has 4 rings (SSSR count). The van der Waals surface area contributed by atoms with Gasteiger partial charge in [0.2, 0.25) is 0 Å². The maximum Gasteiger partial charge on any atom is 0.253 e. The Hall–Kier alpha value is -3.02. The van der Waals surface area contributed by atoms with Crippen LogP contribution in [0.2, 0.25) is 0 Å². The van der Waals surface area contributed by atoms with E-state index in [0.29, 0.717) is 11.5 Å². The molecule has 3 aromatic rings. The van der Waals surface area contributed by atoms with Crippen molar-refractivity contribution in [3.63, 3.8) is 0 Å². The first kappa shape index (κ1) is 17.4. The first-order valence-corrected chi connectivity index (χ1v) is 9.38. The second-order valence-corrected chi connectivity index (χ2v) is 7.18. The van der Waals surface area contributed by atoms with Gasteiger partial charge in [-0.1, -0.05) is 36.4 Å². The molecule has 1 aromatic heterocycles. The van der Waals surface area contributed by atoms with Gasteiger partial charge in [-0.05, 0) is 65.8 Å². The zero-order valence-electron chi connectivity index (χ0n) is 15.5. The third-order valence-corrected chi connectivity index (χ3v) is 5.32. The second-order valence-electron chi connectivity index (χ2n) is 7.18. The highest BCUT2D eigenvalue weighted by Gasteiger charge is 2.24. The number of tetrazole rings is 1. The second kappa shape index (κ2) is 7.70. The lowest BCUT2D eigenvalue weighted by atomic mass is 9.90. The molecule has 27 heavy (non-hydrogen) atoms. The van der Waals surface area contributed by atoms with Crippen LogP contribution in [0.1, 0.15) is 34.3 Å². The Morgan fingerprint density at radius 2 is 1.89 bits per heavy atom. The van der Waals surface area contributed by atoms with Gasteiger partial charge >= 0.3 is 0 Å². The van der Waals surface area contributed by atoms with Gasteiger partial charge < -0.3 is 4.90 Å². The Bertz CT molecular complexity index is 900. The van der Waals surface area contributed by atoms with E-state index < -0.39 is 0 Å². The number of hydrogen-bond donors (Lipinski definition) is 0. The summed E-state index contributed by atoms with van der Waals surface area (Å²) in [4.78, 5) is 14.9. The Morgan fingerprint density at radius 3 is 2.59 bits per heavy atom. The predicted molar refractivity (Wildman–Crippen MR) is 103 cm³/mol. The molecule has 0 N–H and O–H groups in total. The number of amides is 1. The standard InChI is InChI=1S/C21H23N5O/c1-16-7-8-19(14-20(16)26-15-22-23-24-26)21(27)25-11-9-18(10-12-25)13-17-5-3-2-4-6-17/h2-8,14-15,18H,9-13H2,1H3. The maximum absolute atomic E-state index is 13.0. The first-order valence-electron chi connectivity index (χ1n) is 9.38. The highest BCUT2D eigenvalue weighted by atomic mass is 16.2. The molecule has 138 valence electrons. The minimum absolute atomic E-state index is 0.0856. The van der Waals surface area contributed by atoms with E-state index in [4.69, 9.17) is 0 Å². The summed E-state index contributed by atoms with van der Waals surface area (Å²) in [7, 11) is 0. The Balaban J connectivity index is 1.42. The minimum Gasteiger partial charge on any atom is -0.339 e. The summed E-state index contributed by atoms with van der Waals surface area (Å²) in [6.07, 6.45) is 4.74. The summed E-state index contributed by atoms with van der Waals surface area (Å²) in [5.41, 5.74) is 3.93. The summed E-state index contributed by atoms with van der Waals surface area (Å²) in [5.74, 6) is 0.730. The fourth-order valence-electron chi connectivity index (χ4n) is 3.73. The van der Waals surface area contributed by atoms with Crippen molar-refractivity contribution in [2.45, 2.75) is 26.2 Å². The largest absolute Gasteiger partial charge is 0.339 e. The van der Waals surface area contributed by atoms with E-state index in [-0.39, 0.29) is 5.91 Å². The van der Waals surface area contributed by atoms with Gasteiger partial charge in [-0.15, -0.1) is 5.10 Å². The van der Waals surface area contributed by atoms with E-state index in [1.165, 1.54) is 5.56 Å². The fourth-order valence-corrected chi connectivity index (χ4v) is 3.73. The number of hydrogen-bond acceptors (Lipinski definition) is 4. The van der Waals surface area contributed by atoms with Crippen molar-refractivity contribution >= 4 is 5.91 Å². The minimum atomic E-state index is 0.0856. The molecule has 1 amide bonds. The zero-order valence-corrected chi connectivity index (χ0v) is 15.5. The SMILES string of the molecule is Cc1ccc(C(=O)N2CCC(Cc3ccccc3)CC2)cc1-n1cnnn1. The van der Waals surface area contributed by atoms with Crippen molar-refractivity contribution in [3.8, 4) is 5.69 Å². The lowest BCUT2D eigenvalue weighted by Crippen LogP contribution is -2.39. The summed E-state index contributed by atoms with van der Waals surface area (Å²) >= 11 is 0. The molecule has 2 heterocycles. The molecule has 1 fully saturated rings. The highest BCUT2D eigenvalue weighted by Crippen LogP contribution is 2.24. The van der Waals surface area contributed by atoms with E-state index in [1.807, 2.05) is 30.0 Å². The van der Waals surface area contributed by atoms with E-state index in [2.05, 4.69) is 45.9 Å². The van der Waals surface area contributed by atoms with Gasteiger partial charge in [0.05, 0.1) is 5.69 Å². The molecule has 0 aliphatic carbocycles. The number of rotatable bonds is 4. The van der Waals surface area contributed by atoms with Crippen molar-refractivity contribution in [2.75, 3.05) is 13.1 Å². The lowest BCUT2D eigenvalue weighted by Gasteiger charge is -2.32. The summed E-state index contributed by atoms with van der Waals surface area (Å²) < 4.78 is 1.60. The van der Waals surface area contributed by atoms with Crippen molar-refractivity contribution < 1.29 is 4.79 Å². The van der Waals surface area contributed by atoms with Gasteiger partial charge in [0, 0.05) is 18.7 Å². The van der Waals surface area contributed by atoms with Gasteiger partial charge in [-0.3, -0.25) is 4.79 Å². The van der Waals surface area contributed by atoms with Gasteiger partial charge in [-0.25, -0.2) is 4.68 Å². The van der Waals surface area contributed by atoms with Gasteiger partial charge in [0.25, 0.3) is 5.91 Å². The van der Waals surface area contributed by atoms with Crippen LogP contribution >= 0.6 is 0 Å². The molecule has 1 aliphatic heterocycles. The summed E-state index contributed by atoms with van der Waals surface area (Å²) in [6, 6.07) is 16.3. The highest BCUT2D eigenvalue weighted by molar-refractivity contribution is 5.95. The van der Waals surface area contributed by atoms with E-state index in [0.717, 1.165) is 43.6 Å². The molecule has 1 aliphatic rings. The average Bonchev–Trinajstić information content (AvgIpc) is 3.24. The smallest absolute Gasteiger partial charge is 0.253 e. The number of carbonyl (C=O) groups excluding carboxylic acids is 1. The number of aryl methyl sites for hydroxylation is 1. The fraction of sp³-hybridized carbons (Fsp3) is 0.333. The molecule has 0 bridgehead atoms. The van der Waals surface area contributed by atoms with Crippen molar-refractivity contribution in [3.05, 3.63) is 71.5 Å². The number of benzene rings is 2. The van der Waals surface area contributed by atoms with Crippen LogP contribution in [-0.2, 0) is 6.42 Å². The lowest BCUT2D eigenvalue weighted by molar-refractivity contribution is 0.0690. The number of likely N-dealkylation sites (tertiary alicyclic amines) is 1. The van der Waals surface area contributed by atoms with Gasteiger partial charge in [0.1, 0.15) is 6.33 Å². The molecule has 0 saturated carbocycles. The van der Waals surface area contributed by atoms with Gasteiger partial charge in [0.15, 0.2) is 0 Å². The van der Waals surface area contributed by atoms with Crippen molar-refractivity contribution in [1.82, 2.24) is 25.1 Å². The first-order chi connectivity index (χ1) is 13.2. The maximum atomic E-state index is 13.0. The van der Waals surface area contributed by atoms with E-state index in [9.17, 15) is 4.79 Å². The molecule has 0 spiro atoms. The summed E-state index contributed by atoms with van der Waals surface area (Å²) in [6.45, 7) is 3.61. The Labute approximate surface area is 158 Å². The Morgan fingerprint density at radius 1 is 1.11 bits per heavy atom. The zero-order chi connectivity index (χ0) is 18.6. The van der Waals surface area contributed by atoms with Crippen LogP contribution in [0.25, 0.3) is 5.69 Å². The van der Waals surface area contributed by atoms with Crippen LogP contribution in [0, 0.1) is 12.8 Å². The molecule has 0 radical (unpaired) electrons. The average molecular weight is 361 g/mol. The van der Waals surface area contributed by atoms with Crippen molar-refractivity contribution in [2.24, 2.45) is 5.92 Å². The normalized spacial score (nSPS) is 15.1. The Kier molecular flexibility index (Phi) is 4.96. The van der Waals surface area contributed by atoms with E-state index >= 15 is 0 Å². The molecular weight excluding hydrogens is 338 g/mol. The third kappa shape index (κ3) is 3.89. The molecule has 1 saturated heterocycles. The topological polar surface area (TPSA) is 63.9 Å². The van der Waals surface area contributed by atoms with E-state index in [1.54, 1.807) is 11.0 Å². The van der Waals surface area contributed by atoms with Crippen LogP contribution in [0.4, 0.5) is 0 Å². The molecule has 2 aromatic carbocycles. The van der Waals surface area contributed by atoms with Crippen LogP contribution in [0.15, 0.2) is 54.9 Å². The molecule has 6 nitrogen and oxygen atoms in total. The molecule has 0 unspecified atom stereocenters. The van der Waals surface area contributed by atoms with Crippen molar-refractivity contribution in [1.29, 1.82) is 0 Å². The quantitative estimate of drug-likeness (QED) is 0.716. The number of carbonyl (C=O) groups is 1. The predicted octanol–water partition coefficient (Wildman–Crippen LogP) is 3.07. The molecule has 6 heteroatoms. The number of piperidine rings is 1. The molecular formula is C21H23N5O. The number of nitrogens with zero attached hydrogens (tertiary/aromatic N) is 5. The van der Waals surface area contributed by atoms with Crippen LogP contribution in [-0.4, -0.2) is 44.1 Å². The van der Waals surface area contributed by atoms with Crippen LogP contribution in [0.5, 0.6) is 0 Å². The third-order valence-electron chi connectivity index (χ3n) is 5.32. The summed E-state index contributed by atoms with van der Waals surface area (Å²) in [5, 5.41) is 11.3. The van der Waals surface area contributed by atoms with Gasteiger partial charge in [-0.2, -0.15) is 0 Å². The van der Waals surface area contributed by atoms with Crippen LogP contribution < -0.4 is 0 Å². The van der Waals surface area contributed by atoms with Crippen LogP contribution in [0.3, 0.4) is 0 Å². The molecule has 0 atom stereocenters.